The second kappa shape index (κ2) is 3.79. The third kappa shape index (κ3) is 1.86. The van der Waals surface area contributed by atoms with Crippen molar-refractivity contribution < 1.29 is 0 Å². The average Bonchev–Trinajstić information content (AvgIpc) is 2.57. The molecule has 1 atom stereocenters. The molecule has 1 aromatic rings. The van der Waals surface area contributed by atoms with Crippen molar-refractivity contribution in [3.63, 3.8) is 0 Å². The van der Waals surface area contributed by atoms with E-state index < -0.39 is 0 Å². The lowest BCUT2D eigenvalue weighted by molar-refractivity contribution is 0.726. The van der Waals surface area contributed by atoms with Crippen LogP contribution >= 0.6 is 23.2 Å². The van der Waals surface area contributed by atoms with Gasteiger partial charge in [0, 0.05) is 11.6 Å². The highest BCUT2D eigenvalue weighted by molar-refractivity contribution is 6.42. The molecule has 14 heavy (non-hydrogen) atoms. The zero-order valence-electron chi connectivity index (χ0n) is 7.72. The molecule has 4 heteroatoms. The summed E-state index contributed by atoms with van der Waals surface area (Å²) in [6.07, 6.45) is 0. The summed E-state index contributed by atoms with van der Waals surface area (Å²) in [6, 6.07) is 5.93. The van der Waals surface area contributed by atoms with Crippen molar-refractivity contribution in [3.05, 3.63) is 33.8 Å². The minimum absolute atomic E-state index is 0.402. The number of halogens is 2. The second-order valence-corrected chi connectivity index (χ2v) is 4.18. The van der Waals surface area contributed by atoms with E-state index in [1.54, 1.807) is 6.07 Å². The van der Waals surface area contributed by atoms with Crippen molar-refractivity contribution in [2.24, 2.45) is 4.99 Å². The molecule has 1 aromatic carbocycles. The first-order valence-corrected chi connectivity index (χ1v) is 5.19. The van der Waals surface area contributed by atoms with Crippen LogP contribution in [0.3, 0.4) is 0 Å². The monoisotopic (exact) mass is 228 g/mol. The lowest BCUT2D eigenvalue weighted by Crippen LogP contribution is -2.27. The van der Waals surface area contributed by atoms with Gasteiger partial charge in [-0.05, 0) is 25.1 Å². The molecule has 0 radical (unpaired) electrons. The van der Waals surface area contributed by atoms with Crippen molar-refractivity contribution in [2.45, 2.75) is 13.0 Å². The minimum atomic E-state index is 0.402. The Morgan fingerprint density at radius 3 is 2.71 bits per heavy atom. The molecule has 2 nitrogen and oxygen atoms in total. The van der Waals surface area contributed by atoms with Gasteiger partial charge in [0.15, 0.2) is 0 Å². The average molecular weight is 229 g/mol. The van der Waals surface area contributed by atoms with E-state index in [0.29, 0.717) is 16.1 Å². The highest BCUT2D eigenvalue weighted by Gasteiger charge is 2.14. The van der Waals surface area contributed by atoms with Crippen molar-refractivity contribution in [1.82, 2.24) is 5.32 Å². The Balaban J connectivity index is 2.30. The van der Waals surface area contributed by atoms with Crippen molar-refractivity contribution in [2.75, 3.05) is 6.54 Å². The summed E-state index contributed by atoms with van der Waals surface area (Å²) in [5, 5.41) is 4.40. The zero-order chi connectivity index (χ0) is 10.1. The summed E-state index contributed by atoms with van der Waals surface area (Å²) in [4.78, 5) is 4.36. The molecule has 1 N–H and O–H groups in total. The predicted molar refractivity (Wildman–Crippen MR) is 60.5 cm³/mol. The number of rotatable bonds is 1. The van der Waals surface area contributed by atoms with Gasteiger partial charge in [0.05, 0.1) is 16.6 Å². The van der Waals surface area contributed by atoms with Crippen LogP contribution in [0.4, 0.5) is 0 Å². The molecule has 0 aliphatic carbocycles. The fourth-order valence-corrected chi connectivity index (χ4v) is 1.67. The maximum atomic E-state index is 5.91. The first-order chi connectivity index (χ1) is 6.66. The van der Waals surface area contributed by atoms with Crippen LogP contribution in [0.1, 0.15) is 12.5 Å². The van der Waals surface area contributed by atoms with Crippen LogP contribution < -0.4 is 5.32 Å². The van der Waals surface area contributed by atoms with E-state index >= 15 is 0 Å². The third-order valence-electron chi connectivity index (χ3n) is 2.10. The van der Waals surface area contributed by atoms with Crippen molar-refractivity contribution in [1.29, 1.82) is 0 Å². The van der Waals surface area contributed by atoms with E-state index in [9.17, 15) is 0 Å². The highest BCUT2D eigenvalue weighted by atomic mass is 35.5. The molecule has 0 saturated carbocycles. The Bertz CT molecular complexity index is 388. The molecule has 0 amide bonds. The van der Waals surface area contributed by atoms with Gasteiger partial charge in [-0.25, -0.2) is 0 Å². The summed E-state index contributed by atoms with van der Waals surface area (Å²) in [5.41, 5.74) is 0.990. The molecule has 2 rings (SSSR count). The van der Waals surface area contributed by atoms with Gasteiger partial charge in [-0.1, -0.05) is 23.2 Å². The van der Waals surface area contributed by atoms with Crippen LogP contribution in [0, 0.1) is 0 Å². The number of benzene rings is 1. The molecule has 1 unspecified atom stereocenters. The van der Waals surface area contributed by atoms with Crippen molar-refractivity contribution >= 4 is 29.0 Å². The Morgan fingerprint density at radius 2 is 2.14 bits per heavy atom. The van der Waals surface area contributed by atoms with Gasteiger partial charge in [0.1, 0.15) is 5.84 Å². The minimum Gasteiger partial charge on any atom is -0.366 e. The molecule has 0 aromatic heterocycles. The molecule has 1 aliphatic rings. The molecular formula is C10H10Cl2N2. The SMILES string of the molecule is CC1CN=C(c2ccc(Cl)c(Cl)c2)N1. The van der Waals surface area contributed by atoms with Crippen LogP contribution in [0.2, 0.25) is 10.0 Å². The molecule has 0 fully saturated rings. The van der Waals surface area contributed by atoms with Crippen molar-refractivity contribution in [3.8, 4) is 0 Å². The molecule has 1 aliphatic heterocycles. The van der Waals surface area contributed by atoms with Crippen LogP contribution in [0.25, 0.3) is 0 Å². The highest BCUT2D eigenvalue weighted by Crippen LogP contribution is 2.23. The summed E-state index contributed by atoms with van der Waals surface area (Å²) in [5.74, 6) is 0.899. The van der Waals surface area contributed by atoms with Gasteiger partial charge in [-0.15, -0.1) is 0 Å². The van der Waals surface area contributed by atoms with Gasteiger partial charge >= 0.3 is 0 Å². The van der Waals surface area contributed by atoms with E-state index in [0.717, 1.165) is 17.9 Å². The Morgan fingerprint density at radius 1 is 1.36 bits per heavy atom. The third-order valence-corrected chi connectivity index (χ3v) is 2.84. The van der Waals surface area contributed by atoms with E-state index in [4.69, 9.17) is 23.2 Å². The standard InChI is InChI=1S/C10H10Cl2N2/c1-6-5-13-10(14-6)7-2-3-8(11)9(12)4-7/h2-4,6H,5H2,1H3,(H,13,14). The van der Waals surface area contributed by atoms with Crippen LogP contribution in [0.15, 0.2) is 23.2 Å². The number of hydrogen-bond acceptors (Lipinski definition) is 2. The summed E-state index contributed by atoms with van der Waals surface area (Å²) >= 11 is 11.7. The van der Waals surface area contributed by atoms with Crippen LogP contribution in [-0.4, -0.2) is 18.4 Å². The molecule has 74 valence electrons. The fraction of sp³-hybridized carbons (Fsp3) is 0.300. The summed E-state index contributed by atoms with van der Waals surface area (Å²) in [6.45, 7) is 2.91. The zero-order valence-corrected chi connectivity index (χ0v) is 9.23. The summed E-state index contributed by atoms with van der Waals surface area (Å²) < 4.78 is 0. The topological polar surface area (TPSA) is 24.4 Å². The number of hydrogen-bond donors (Lipinski definition) is 1. The number of amidine groups is 1. The number of nitrogens with zero attached hydrogens (tertiary/aromatic N) is 1. The van der Waals surface area contributed by atoms with E-state index in [1.807, 2.05) is 12.1 Å². The van der Waals surface area contributed by atoms with Gasteiger partial charge in [-0.2, -0.15) is 0 Å². The van der Waals surface area contributed by atoms with E-state index in [1.165, 1.54) is 0 Å². The Kier molecular flexibility index (Phi) is 2.66. The fourth-order valence-electron chi connectivity index (χ4n) is 1.37. The maximum absolute atomic E-state index is 5.91. The van der Waals surface area contributed by atoms with E-state index in [2.05, 4.69) is 17.2 Å². The number of aliphatic imine (C=N–C) groups is 1. The Labute approximate surface area is 92.9 Å². The van der Waals surface area contributed by atoms with Gasteiger partial charge in [0.25, 0.3) is 0 Å². The maximum Gasteiger partial charge on any atom is 0.128 e. The lowest BCUT2D eigenvalue weighted by Gasteiger charge is -2.06. The lowest BCUT2D eigenvalue weighted by atomic mass is 10.2. The quantitative estimate of drug-likeness (QED) is 0.786. The largest absolute Gasteiger partial charge is 0.366 e. The molecular weight excluding hydrogens is 219 g/mol. The smallest absolute Gasteiger partial charge is 0.128 e. The molecule has 1 heterocycles. The normalized spacial score (nSPS) is 20.5. The van der Waals surface area contributed by atoms with Crippen LogP contribution in [-0.2, 0) is 0 Å². The first kappa shape index (κ1) is 9.81. The number of nitrogens with one attached hydrogen (secondary N) is 1. The Hall–Kier alpha value is -0.730. The van der Waals surface area contributed by atoms with Crippen LogP contribution in [0.5, 0.6) is 0 Å². The van der Waals surface area contributed by atoms with E-state index in [-0.39, 0.29) is 0 Å². The van der Waals surface area contributed by atoms with Gasteiger partial charge < -0.3 is 5.32 Å². The van der Waals surface area contributed by atoms with Gasteiger partial charge in [0.2, 0.25) is 0 Å². The molecule has 0 bridgehead atoms. The first-order valence-electron chi connectivity index (χ1n) is 4.43. The molecule has 0 saturated heterocycles. The predicted octanol–water partition coefficient (Wildman–Crippen LogP) is 2.73. The van der Waals surface area contributed by atoms with Gasteiger partial charge in [-0.3, -0.25) is 4.99 Å². The molecule has 0 spiro atoms. The second-order valence-electron chi connectivity index (χ2n) is 3.36. The summed E-state index contributed by atoms with van der Waals surface area (Å²) in [7, 11) is 0.